The Morgan fingerprint density at radius 3 is 2.59 bits per heavy atom. The molecule has 0 aromatic carbocycles. The van der Waals surface area contributed by atoms with Crippen molar-refractivity contribution in [3.05, 3.63) is 0 Å². The molecule has 1 saturated heterocycles. The van der Waals surface area contributed by atoms with Crippen LogP contribution in [0.4, 0.5) is 0 Å². The molecule has 0 amide bonds. The number of likely N-dealkylation sites (tertiary alicyclic amines) is 1. The first-order chi connectivity index (χ1) is 10.2. The summed E-state index contributed by atoms with van der Waals surface area (Å²) in [5.41, 5.74) is 0.443. The Morgan fingerprint density at radius 2 is 1.95 bits per heavy atom. The van der Waals surface area contributed by atoms with E-state index in [9.17, 15) is 0 Å². The van der Waals surface area contributed by atoms with Gasteiger partial charge in [0.15, 0.2) is 5.96 Å². The van der Waals surface area contributed by atoms with Crippen LogP contribution in [0.3, 0.4) is 0 Å². The Balaban J connectivity index is 0.00000176. The van der Waals surface area contributed by atoms with Gasteiger partial charge in [-0.1, -0.05) is 19.8 Å². The van der Waals surface area contributed by atoms with Gasteiger partial charge in [0.2, 0.25) is 0 Å². The van der Waals surface area contributed by atoms with Crippen molar-refractivity contribution in [3.8, 4) is 0 Å². The minimum atomic E-state index is 0. The molecule has 3 rings (SSSR count). The minimum Gasteiger partial charge on any atom is -0.357 e. The molecule has 2 saturated carbocycles. The fourth-order valence-electron chi connectivity index (χ4n) is 3.85. The molecule has 128 valence electrons. The number of nitrogens with zero attached hydrogens (tertiary/aromatic N) is 2. The van der Waals surface area contributed by atoms with Crippen LogP contribution in [0, 0.1) is 5.41 Å². The van der Waals surface area contributed by atoms with Crippen LogP contribution < -0.4 is 10.6 Å². The van der Waals surface area contributed by atoms with Crippen molar-refractivity contribution in [3.63, 3.8) is 0 Å². The second-order valence-electron chi connectivity index (χ2n) is 7.57. The van der Waals surface area contributed by atoms with Gasteiger partial charge < -0.3 is 10.6 Å². The van der Waals surface area contributed by atoms with Gasteiger partial charge in [0, 0.05) is 38.3 Å². The molecule has 1 unspecified atom stereocenters. The van der Waals surface area contributed by atoms with E-state index in [1.807, 2.05) is 0 Å². The van der Waals surface area contributed by atoms with Gasteiger partial charge in [0.25, 0.3) is 0 Å². The fourth-order valence-corrected chi connectivity index (χ4v) is 3.85. The van der Waals surface area contributed by atoms with Crippen molar-refractivity contribution in [2.45, 2.75) is 70.9 Å². The number of halogens is 1. The molecular formula is C17H33IN4. The standard InChI is InChI=1S/C17H32N4.HI/c1-3-18-16(19-13-17(2)9-4-5-10-17)20-14-8-11-21(12-14)15-6-7-15;/h14-15H,3-13H2,1-2H3,(H2,18,19,20);1H. The predicted octanol–water partition coefficient (Wildman–Crippen LogP) is 2.98. The SMILES string of the molecule is CCNC(=NCC1(C)CCCC1)NC1CCN(C2CC2)C1.I. The van der Waals surface area contributed by atoms with Gasteiger partial charge in [-0.25, -0.2) is 0 Å². The smallest absolute Gasteiger partial charge is 0.191 e. The lowest BCUT2D eigenvalue weighted by Crippen LogP contribution is -2.45. The third-order valence-electron chi connectivity index (χ3n) is 5.40. The summed E-state index contributed by atoms with van der Waals surface area (Å²) in [6.45, 7) is 8.94. The van der Waals surface area contributed by atoms with Crippen LogP contribution in [0.5, 0.6) is 0 Å². The highest BCUT2D eigenvalue weighted by Crippen LogP contribution is 2.37. The van der Waals surface area contributed by atoms with E-state index in [2.05, 4.69) is 29.4 Å². The zero-order valence-electron chi connectivity index (χ0n) is 14.2. The molecule has 2 N–H and O–H groups in total. The molecule has 0 aromatic rings. The van der Waals surface area contributed by atoms with Crippen molar-refractivity contribution in [2.75, 3.05) is 26.2 Å². The molecule has 0 bridgehead atoms. The summed E-state index contributed by atoms with van der Waals surface area (Å²) >= 11 is 0. The summed E-state index contributed by atoms with van der Waals surface area (Å²) in [6.07, 6.45) is 9.55. The summed E-state index contributed by atoms with van der Waals surface area (Å²) in [7, 11) is 0. The number of nitrogens with one attached hydrogen (secondary N) is 2. The molecule has 4 nitrogen and oxygen atoms in total. The molecule has 1 heterocycles. The summed E-state index contributed by atoms with van der Waals surface area (Å²) in [6, 6.07) is 1.48. The van der Waals surface area contributed by atoms with Crippen molar-refractivity contribution in [1.82, 2.24) is 15.5 Å². The van der Waals surface area contributed by atoms with Crippen LogP contribution in [0.25, 0.3) is 0 Å². The van der Waals surface area contributed by atoms with Crippen LogP contribution in [0.2, 0.25) is 0 Å². The van der Waals surface area contributed by atoms with E-state index in [1.54, 1.807) is 0 Å². The zero-order valence-corrected chi connectivity index (χ0v) is 16.6. The maximum Gasteiger partial charge on any atom is 0.191 e. The molecule has 0 aromatic heterocycles. The van der Waals surface area contributed by atoms with Crippen molar-refractivity contribution in [1.29, 1.82) is 0 Å². The average Bonchev–Trinajstić information content (AvgIpc) is 3.07. The van der Waals surface area contributed by atoms with Gasteiger partial charge in [0.1, 0.15) is 0 Å². The second kappa shape index (κ2) is 8.18. The van der Waals surface area contributed by atoms with Crippen LogP contribution in [0.15, 0.2) is 4.99 Å². The Hall–Kier alpha value is -0.0400. The Kier molecular flexibility index (Phi) is 6.80. The molecule has 3 fully saturated rings. The summed E-state index contributed by atoms with van der Waals surface area (Å²) < 4.78 is 0. The highest BCUT2D eigenvalue weighted by Gasteiger charge is 2.34. The van der Waals surface area contributed by atoms with E-state index >= 15 is 0 Å². The van der Waals surface area contributed by atoms with Crippen molar-refractivity contribution >= 4 is 29.9 Å². The van der Waals surface area contributed by atoms with Crippen LogP contribution in [-0.2, 0) is 0 Å². The lowest BCUT2D eigenvalue weighted by Gasteiger charge is -2.23. The lowest BCUT2D eigenvalue weighted by molar-refractivity contribution is 0.321. The normalized spacial score (nSPS) is 28.5. The molecule has 0 radical (unpaired) electrons. The Morgan fingerprint density at radius 1 is 1.23 bits per heavy atom. The molecule has 5 heteroatoms. The minimum absolute atomic E-state index is 0. The van der Waals surface area contributed by atoms with Crippen molar-refractivity contribution in [2.24, 2.45) is 10.4 Å². The number of hydrogen-bond acceptors (Lipinski definition) is 2. The summed E-state index contributed by atoms with van der Waals surface area (Å²) in [5, 5.41) is 7.10. The first-order valence-electron chi connectivity index (χ1n) is 8.97. The third kappa shape index (κ3) is 4.98. The highest BCUT2D eigenvalue weighted by molar-refractivity contribution is 14.0. The first kappa shape index (κ1) is 18.3. The largest absolute Gasteiger partial charge is 0.357 e. The van der Waals surface area contributed by atoms with Gasteiger partial charge in [-0.05, 0) is 44.4 Å². The monoisotopic (exact) mass is 420 g/mol. The Labute approximate surface area is 152 Å². The molecule has 1 aliphatic heterocycles. The topological polar surface area (TPSA) is 39.7 Å². The quantitative estimate of drug-likeness (QED) is 0.408. The lowest BCUT2D eigenvalue weighted by atomic mass is 9.89. The maximum absolute atomic E-state index is 4.89. The maximum atomic E-state index is 4.89. The van der Waals surface area contributed by atoms with Crippen LogP contribution in [-0.4, -0.2) is 49.1 Å². The predicted molar refractivity (Wildman–Crippen MR) is 104 cm³/mol. The zero-order chi connectivity index (χ0) is 14.7. The van der Waals surface area contributed by atoms with Gasteiger partial charge >= 0.3 is 0 Å². The molecule has 2 aliphatic carbocycles. The van der Waals surface area contributed by atoms with E-state index < -0.39 is 0 Å². The van der Waals surface area contributed by atoms with E-state index in [0.29, 0.717) is 11.5 Å². The van der Waals surface area contributed by atoms with Crippen LogP contribution >= 0.6 is 24.0 Å². The Bertz CT molecular complexity index is 375. The number of hydrogen-bond donors (Lipinski definition) is 2. The first-order valence-corrected chi connectivity index (χ1v) is 8.97. The molecule has 3 aliphatic rings. The molecule has 0 spiro atoms. The van der Waals surface area contributed by atoms with Gasteiger partial charge in [-0.15, -0.1) is 24.0 Å². The molecule has 1 atom stereocenters. The van der Waals surface area contributed by atoms with Gasteiger partial charge in [-0.2, -0.15) is 0 Å². The van der Waals surface area contributed by atoms with Crippen molar-refractivity contribution < 1.29 is 0 Å². The van der Waals surface area contributed by atoms with Crippen LogP contribution in [0.1, 0.15) is 58.8 Å². The molecule has 22 heavy (non-hydrogen) atoms. The average molecular weight is 420 g/mol. The van der Waals surface area contributed by atoms with Gasteiger partial charge in [0.05, 0.1) is 0 Å². The van der Waals surface area contributed by atoms with E-state index in [-0.39, 0.29) is 24.0 Å². The summed E-state index contributed by atoms with van der Waals surface area (Å²) in [4.78, 5) is 7.54. The number of guanidine groups is 1. The van der Waals surface area contributed by atoms with E-state index in [4.69, 9.17) is 4.99 Å². The second-order valence-corrected chi connectivity index (χ2v) is 7.57. The van der Waals surface area contributed by atoms with Gasteiger partial charge in [-0.3, -0.25) is 9.89 Å². The van der Waals surface area contributed by atoms with E-state index in [1.165, 1.54) is 58.0 Å². The third-order valence-corrected chi connectivity index (χ3v) is 5.40. The summed E-state index contributed by atoms with van der Waals surface area (Å²) in [5.74, 6) is 1.04. The highest BCUT2D eigenvalue weighted by atomic mass is 127. The molecular weight excluding hydrogens is 387 g/mol. The van der Waals surface area contributed by atoms with E-state index in [0.717, 1.165) is 25.1 Å². The fraction of sp³-hybridized carbons (Fsp3) is 0.941. The number of rotatable bonds is 5. The number of aliphatic imine (C=N–C) groups is 1.